The number of benzene rings is 1. The van der Waals surface area contributed by atoms with Crippen molar-refractivity contribution in [2.24, 2.45) is 0 Å². The zero-order chi connectivity index (χ0) is 11.0. The van der Waals surface area contributed by atoms with Crippen molar-refractivity contribution in [3.05, 3.63) is 43.6 Å². The number of aromatic amines is 2. The van der Waals surface area contributed by atoms with E-state index in [1.165, 1.54) is 6.07 Å². The van der Waals surface area contributed by atoms with Gasteiger partial charge in [0.2, 0.25) is 0 Å². The highest BCUT2D eigenvalue weighted by molar-refractivity contribution is 9.10. The van der Waals surface area contributed by atoms with Gasteiger partial charge in [0.1, 0.15) is 0 Å². The van der Waals surface area contributed by atoms with Crippen molar-refractivity contribution in [1.29, 1.82) is 0 Å². The first-order valence-electron chi connectivity index (χ1n) is 4.04. The summed E-state index contributed by atoms with van der Waals surface area (Å²) in [4.78, 5) is 22.6. The van der Waals surface area contributed by atoms with E-state index in [9.17, 15) is 9.59 Å². The molecule has 6 nitrogen and oxygen atoms in total. The van der Waals surface area contributed by atoms with E-state index in [4.69, 9.17) is 5.73 Å². The molecule has 0 fully saturated rings. The van der Waals surface area contributed by atoms with Crippen LogP contribution >= 0.6 is 15.9 Å². The summed E-state index contributed by atoms with van der Waals surface area (Å²) in [5.74, 6) is 0. The van der Waals surface area contributed by atoms with Gasteiger partial charge in [-0.1, -0.05) is 0 Å². The van der Waals surface area contributed by atoms with E-state index in [2.05, 4.69) is 26.1 Å². The SMILES string of the molecule is Nc1ccc(Br)c(-n2c(=O)[nH][nH]c2=O)c1. The van der Waals surface area contributed by atoms with Crippen LogP contribution in [0.4, 0.5) is 5.69 Å². The molecule has 0 bridgehead atoms. The molecule has 1 aromatic carbocycles. The molecule has 0 saturated heterocycles. The second-order valence-electron chi connectivity index (χ2n) is 2.91. The third-order valence-corrected chi connectivity index (χ3v) is 2.56. The Hall–Kier alpha value is -1.76. The lowest BCUT2D eigenvalue weighted by Gasteiger charge is -2.03. The lowest BCUT2D eigenvalue weighted by Crippen LogP contribution is -2.24. The Morgan fingerprint density at radius 2 is 1.80 bits per heavy atom. The first kappa shape index (κ1) is 9.78. The number of hydrogen-bond donors (Lipinski definition) is 3. The monoisotopic (exact) mass is 270 g/mol. The number of halogens is 1. The summed E-state index contributed by atoms with van der Waals surface area (Å²) in [5.41, 5.74) is 5.38. The minimum absolute atomic E-state index is 0.405. The molecule has 0 unspecified atom stereocenters. The van der Waals surface area contributed by atoms with Gasteiger partial charge in [-0.05, 0) is 34.1 Å². The van der Waals surface area contributed by atoms with E-state index in [0.29, 0.717) is 15.8 Å². The minimum Gasteiger partial charge on any atom is -0.399 e. The topological polar surface area (TPSA) is 96.7 Å². The minimum atomic E-state index is -0.536. The highest BCUT2D eigenvalue weighted by atomic mass is 79.9. The molecule has 78 valence electrons. The van der Waals surface area contributed by atoms with Crippen LogP contribution in [0.5, 0.6) is 0 Å². The molecule has 7 heteroatoms. The van der Waals surface area contributed by atoms with Gasteiger partial charge in [0, 0.05) is 10.2 Å². The zero-order valence-corrected chi connectivity index (χ0v) is 9.04. The highest BCUT2D eigenvalue weighted by Crippen LogP contribution is 2.20. The number of rotatable bonds is 1. The fourth-order valence-electron chi connectivity index (χ4n) is 1.23. The van der Waals surface area contributed by atoms with E-state index in [1.807, 2.05) is 0 Å². The lowest BCUT2D eigenvalue weighted by molar-refractivity contribution is 0.947. The van der Waals surface area contributed by atoms with E-state index < -0.39 is 11.4 Å². The molecule has 1 aromatic heterocycles. The van der Waals surface area contributed by atoms with Gasteiger partial charge in [0.05, 0.1) is 5.69 Å². The van der Waals surface area contributed by atoms with Crippen LogP contribution in [0.15, 0.2) is 32.3 Å². The van der Waals surface area contributed by atoms with Crippen molar-refractivity contribution >= 4 is 21.6 Å². The Labute approximate surface area is 91.8 Å². The van der Waals surface area contributed by atoms with Crippen LogP contribution in [0, 0.1) is 0 Å². The van der Waals surface area contributed by atoms with Gasteiger partial charge in [-0.25, -0.2) is 24.4 Å². The zero-order valence-electron chi connectivity index (χ0n) is 7.45. The third kappa shape index (κ3) is 1.61. The first-order valence-corrected chi connectivity index (χ1v) is 4.84. The second kappa shape index (κ2) is 3.43. The number of nitrogens with zero attached hydrogens (tertiary/aromatic N) is 1. The summed E-state index contributed by atoms with van der Waals surface area (Å²) in [7, 11) is 0. The fraction of sp³-hybridized carbons (Fsp3) is 0. The van der Waals surface area contributed by atoms with Gasteiger partial charge in [-0.2, -0.15) is 0 Å². The molecular weight excluding hydrogens is 264 g/mol. The van der Waals surface area contributed by atoms with Crippen molar-refractivity contribution < 1.29 is 0 Å². The smallest absolute Gasteiger partial charge is 0.349 e. The van der Waals surface area contributed by atoms with Gasteiger partial charge >= 0.3 is 11.4 Å². The maximum atomic E-state index is 11.3. The number of nitrogens with one attached hydrogen (secondary N) is 2. The Morgan fingerprint density at radius 1 is 1.20 bits per heavy atom. The van der Waals surface area contributed by atoms with Gasteiger partial charge in [-0.3, -0.25) is 0 Å². The van der Waals surface area contributed by atoms with E-state index >= 15 is 0 Å². The van der Waals surface area contributed by atoms with Gasteiger partial charge in [-0.15, -0.1) is 0 Å². The molecule has 1 heterocycles. The van der Waals surface area contributed by atoms with Gasteiger partial charge < -0.3 is 5.73 Å². The number of aromatic nitrogens is 3. The van der Waals surface area contributed by atoms with Crippen molar-refractivity contribution in [1.82, 2.24) is 14.8 Å². The van der Waals surface area contributed by atoms with Crippen LogP contribution < -0.4 is 17.1 Å². The summed E-state index contributed by atoms with van der Waals surface area (Å²) in [6.45, 7) is 0. The van der Waals surface area contributed by atoms with Crippen molar-refractivity contribution in [2.75, 3.05) is 5.73 Å². The highest BCUT2D eigenvalue weighted by Gasteiger charge is 2.09. The molecule has 0 radical (unpaired) electrons. The quantitative estimate of drug-likeness (QED) is 0.646. The number of H-pyrrole nitrogens is 2. The maximum Gasteiger partial charge on any atom is 0.349 e. The molecule has 0 atom stereocenters. The predicted octanol–water partition coefficient (Wildman–Crippen LogP) is 0.199. The molecular formula is C8H7BrN4O2. The van der Waals surface area contributed by atoms with Crippen LogP contribution in [-0.4, -0.2) is 14.8 Å². The summed E-state index contributed by atoms with van der Waals surface area (Å²) in [6.07, 6.45) is 0. The lowest BCUT2D eigenvalue weighted by atomic mass is 10.3. The Balaban J connectivity index is 2.79. The summed E-state index contributed by atoms with van der Waals surface area (Å²) >= 11 is 3.24. The van der Waals surface area contributed by atoms with Crippen molar-refractivity contribution in [2.45, 2.75) is 0 Å². The maximum absolute atomic E-state index is 11.3. The van der Waals surface area contributed by atoms with Crippen molar-refractivity contribution in [3.63, 3.8) is 0 Å². The predicted molar refractivity (Wildman–Crippen MR) is 59.1 cm³/mol. The Bertz CT molecular complexity index is 582. The van der Waals surface area contributed by atoms with E-state index in [-0.39, 0.29) is 0 Å². The molecule has 0 saturated carbocycles. The van der Waals surface area contributed by atoms with Gasteiger partial charge in [0.25, 0.3) is 0 Å². The molecule has 15 heavy (non-hydrogen) atoms. The summed E-state index contributed by atoms with van der Waals surface area (Å²) in [5, 5.41) is 4.38. The largest absolute Gasteiger partial charge is 0.399 e. The normalized spacial score (nSPS) is 10.5. The molecule has 0 aliphatic heterocycles. The summed E-state index contributed by atoms with van der Waals surface area (Å²) < 4.78 is 1.57. The standard InChI is InChI=1S/C8H7BrN4O2/c9-5-2-1-4(10)3-6(5)13-7(14)11-12-8(13)15/h1-3H,10H2,(H,11,14)(H,12,15). The molecule has 2 aromatic rings. The molecule has 0 amide bonds. The Kier molecular flexibility index (Phi) is 2.24. The van der Waals surface area contributed by atoms with Crippen LogP contribution in [-0.2, 0) is 0 Å². The summed E-state index contributed by atoms with van der Waals surface area (Å²) in [6, 6.07) is 4.87. The number of anilines is 1. The molecule has 0 spiro atoms. The number of hydrogen-bond acceptors (Lipinski definition) is 3. The molecule has 0 aliphatic rings. The molecule has 0 aliphatic carbocycles. The molecule has 4 N–H and O–H groups in total. The van der Waals surface area contributed by atoms with Crippen LogP contribution in [0.3, 0.4) is 0 Å². The van der Waals surface area contributed by atoms with Crippen LogP contribution in [0.2, 0.25) is 0 Å². The second-order valence-corrected chi connectivity index (χ2v) is 3.76. The Morgan fingerprint density at radius 3 is 2.40 bits per heavy atom. The third-order valence-electron chi connectivity index (χ3n) is 1.89. The van der Waals surface area contributed by atoms with Crippen LogP contribution in [0.1, 0.15) is 0 Å². The van der Waals surface area contributed by atoms with Crippen LogP contribution in [0.25, 0.3) is 5.69 Å². The van der Waals surface area contributed by atoms with Crippen molar-refractivity contribution in [3.8, 4) is 5.69 Å². The van der Waals surface area contributed by atoms with E-state index in [0.717, 1.165) is 4.57 Å². The number of nitrogens with two attached hydrogens (primary N) is 1. The molecule has 2 rings (SSSR count). The first-order chi connectivity index (χ1) is 7.09. The van der Waals surface area contributed by atoms with Gasteiger partial charge in [0.15, 0.2) is 0 Å². The average molecular weight is 271 g/mol. The fourth-order valence-corrected chi connectivity index (χ4v) is 1.65. The van der Waals surface area contributed by atoms with E-state index in [1.54, 1.807) is 12.1 Å². The average Bonchev–Trinajstić information content (AvgIpc) is 2.51. The number of nitrogen functional groups attached to an aromatic ring is 1.